The average molecular weight is 246 g/mol. The number of aliphatic hydroxyl groups excluding tert-OH is 2. The number of hydrogen-bond acceptors (Lipinski definition) is 6. The van der Waals surface area contributed by atoms with Crippen LogP contribution in [0, 0.1) is 0 Å². The lowest BCUT2D eigenvalue weighted by Crippen LogP contribution is -2.13. The van der Waals surface area contributed by atoms with Gasteiger partial charge in [0.1, 0.15) is 0 Å². The fraction of sp³-hybridized carbons (Fsp3) is 0.636. The van der Waals surface area contributed by atoms with Crippen molar-refractivity contribution in [3.05, 3.63) is 11.7 Å². The first-order valence-electron chi connectivity index (χ1n) is 5.42. The first-order valence-corrected chi connectivity index (χ1v) is 5.42. The smallest absolute Gasteiger partial charge is 0.325 e. The number of ether oxygens (including phenoxy) is 2. The Kier molecular flexibility index (Phi) is 6.97. The van der Waals surface area contributed by atoms with Crippen molar-refractivity contribution in [2.45, 2.75) is 46.1 Å². The molecule has 0 aromatic rings. The molecule has 0 fully saturated rings. The molecule has 6 nitrogen and oxygen atoms in total. The molecule has 0 aliphatic heterocycles. The summed E-state index contributed by atoms with van der Waals surface area (Å²) >= 11 is 0. The highest BCUT2D eigenvalue weighted by atomic mass is 16.6. The highest BCUT2D eigenvalue weighted by molar-refractivity contribution is 5.71. The van der Waals surface area contributed by atoms with Gasteiger partial charge in [-0.25, -0.2) is 0 Å². The summed E-state index contributed by atoms with van der Waals surface area (Å²) in [5, 5.41) is 18.6. The van der Waals surface area contributed by atoms with E-state index in [0.717, 1.165) is 0 Å². The largest absolute Gasteiger partial charge is 0.478 e. The third-order valence-corrected chi connectivity index (χ3v) is 1.74. The zero-order valence-electron chi connectivity index (χ0n) is 10.2. The van der Waals surface area contributed by atoms with Crippen LogP contribution in [0.15, 0.2) is 11.7 Å². The number of carbonyl (C=O) groups excluding carboxylic acids is 2. The van der Waals surface area contributed by atoms with Crippen molar-refractivity contribution in [3.8, 4) is 0 Å². The van der Waals surface area contributed by atoms with Crippen LogP contribution in [-0.4, -0.2) is 28.3 Å². The van der Waals surface area contributed by atoms with Gasteiger partial charge in [0.2, 0.25) is 0 Å². The summed E-state index contributed by atoms with van der Waals surface area (Å²) in [7, 11) is 0. The summed E-state index contributed by atoms with van der Waals surface area (Å²) in [6, 6.07) is 0. The van der Waals surface area contributed by atoms with E-state index in [2.05, 4.69) is 4.74 Å². The van der Waals surface area contributed by atoms with E-state index in [-0.39, 0.29) is 25.0 Å². The summed E-state index contributed by atoms with van der Waals surface area (Å²) in [5.41, 5.74) is 0. The third-order valence-electron chi connectivity index (χ3n) is 1.74. The fourth-order valence-corrected chi connectivity index (χ4v) is 0.887. The second kappa shape index (κ2) is 7.67. The van der Waals surface area contributed by atoms with E-state index in [1.165, 1.54) is 6.92 Å². The van der Waals surface area contributed by atoms with Crippen LogP contribution in [0.3, 0.4) is 0 Å². The Labute approximate surface area is 99.8 Å². The van der Waals surface area contributed by atoms with Gasteiger partial charge in [0, 0.05) is 19.3 Å². The Hall–Kier alpha value is -1.56. The van der Waals surface area contributed by atoms with Crippen molar-refractivity contribution >= 4 is 11.9 Å². The SMILES string of the molecule is CCC(=O)O/C(O)=C(/CC(C)O)OC(=O)CC. The van der Waals surface area contributed by atoms with Crippen LogP contribution in [0.5, 0.6) is 0 Å². The van der Waals surface area contributed by atoms with Gasteiger partial charge >= 0.3 is 17.9 Å². The van der Waals surface area contributed by atoms with E-state index in [9.17, 15) is 19.8 Å². The van der Waals surface area contributed by atoms with Crippen molar-refractivity contribution < 1.29 is 29.3 Å². The van der Waals surface area contributed by atoms with Gasteiger partial charge in [-0.3, -0.25) is 9.59 Å². The van der Waals surface area contributed by atoms with Gasteiger partial charge in [-0.05, 0) is 6.92 Å². The standard InChI is InChI=1S/C11H18O6/c1-4-9(13)16-8(6-7(3)12)11(15)17-10(14)5-2/h7,12,15H,4-6H2,1-3H3/b11-8-. The van der Waals surface area contributed by atoms with Crippen LogP contribution in [0.2, 0.25) is 0 Å². The number of rotatable bonds is 6. The Morgan fingerprint density at radius 1 is 1.12 bits per heavy atom. The van der Waals surface area contributed by atoms with Crippen LogP contribution in [-0.2, 0) is 19.1 Å². The topological polar surface area (TPSA) is 93.1 Å². The molecule has 0 spiro atoms. The van der Waals surface area contributed by atoms with E-state index < -0.39 is 24.0 Å². The molecule has 1 unspecified atom stereocenters. The normalized spacial score (nSPS) is 13.6. The molecular formula is C11H18O6. The Morgan fingerprint density at radius 2 is 1.59 bits per heavy atom. The lowest BCUT2D eigenvalue weighted by atomic mass is 10.2. The molecule has 17 heavy (non-hydrogen) atoms. The summed E-state index contributed by atoms with van der Waals surface area (Å²) in [6.45, 7) is 4.59. The van der Waals surface area contributed by atoms with Crippen molar-refractivity contribution in [1.29, 1.82) is 0 Å². The van der Waals surface area contributed by atoms with Gasteiger partial charge in [0.05, 0.1) is 6.10 Å². The minimum absolute atomic E-state index is 0.0771. The van der Waals surface area contributed by atoms with Crippen LogP contribution in [0.1, 0.15) is 40.0 Å². The van der Waals surface area contributed by atoms with E-state index in [4.69, 9.17) is 4.74 Å². The minimum atomic E-state index is -0.836. The van der Waals surface area contributed by atoms with Gasteiger partial charge in [-0.2, -0.15) is 0 Å². The van der Waals surface area contributed by atoms with Crippen LogP contribution < -0.4 is 0 Å². The maximum Gasteiger partial charge on any atom is 0.325 e. The average Bonchev–Trinajstić information content (AvgIpc) is 2.26. The number of carbonyl (C=O) groups is 2. The predicted octanol–water partition coefficient (Wildman–Crippen LogP) is 1.39. The molecule has 0 radical (unpaired) electrons. The zero-order valence-corrected chi connectivity index (χ0v) is 10.2. The Balaban J connectivity index is 4.79. The molecular weight excluding hydrogens is 228 g/mol. The van der Waals surface area contributed by atoms with Crippen molar-refractivity contribution in [3.63, 3.8) is 0 Å². The lowest BCUT2D eigenvalue weighted by Gasteiger charge is -2.11. The molecule has 0 aliphatic rings. The molecule has 0 saturated carbocycles. The molecule has 0 amide bonds. The van der Waals surface area contributed by atoms with Crippen molar-refractivity contribution in [1.82, 2.24) is 0 Å². The number of esters is 2. The van der Waals surface area contributed by atoms with Gasteiger partial charge in [-0.15, -0.1) is 0 Å². The summed E-state index contributed by atoms with van der Waals surface area (Å²) in [6.07, 6.45) is -0.766. The summed E-state index contributed by atoms with van der Waals surface area (Å²) in [4.78, 5) is 22.0. The maximum atomic E-state index is 11.1. The van der Waals surface area contributed by atoms with E-state index >= 15 is 0 Å². The van der Waals surface area contributed by atoms with E-state index in [1.807, 2.05) is 0 Å². The molecule has 0 aliphatic carbocycles. The lowest BCUT2D eigenvalue weighted by molar-refractivity contribution is -0.147. The molecule has 0 bridgehead atoms. The molecule has 6 heteroatoms. The summed E-state index contributed by atoms with van der Waals surface area (Å²) in [5.74, 6) is -2.26. The molecule has 0 saturated heterocycles. The second-order valence-corrected chi connectivity index (χ2v) is 3.44. The first kappa shape index (κ1) is 15.4. The number of hydrogen-bond donors (Lipinski definition) is 2. The molecule has 2 N–H and O–H groups in total. The fourth-order valence-electron chi connectivity index (χ4n) is 0.887. The van der Waals surface area contributed by atoms with Crippen molar-refractivity contribution in [2.75, 3.05) is 0 Å². The van der Waals surface area contributed by atoms with Gasteiger partial charge in [-0.1, -0.05) is 13.8 Å². The molecule has 98 valence electrons. The molecule has 0 rings (SSSR count). The van der Waals surface area contributed by atoms with Crippen LogP contribution in [0.25, 0.3) is 0 Å². The van der Waals surface area contributed by atoms with Gasteiger partial charge in [0.25, 0.3) is 0 Å². The summed E-state index contributed by atoms with van der Waals surface area (Å²) < 4.78 is 9.29. The third kappa shape index (κ3) is 6.57. The Bertz CT molecular complexity index is 305. The number of aliphatic hydroxyl groups is 2. The highest BCUT2D eigenvalue weighted by Crippen LogP contribution is 2.14. The molecule has 0 aromatic carbocycles. The van der Waals surface area contributed by atoms with Gasteiger partial charge in [0.15, 0.2) is 5.76 Å². The molecule has 1 atom stereocenters. The van der Waals surface area contributed by atoms with E-state index in [1.54, 1.807) is 13.8 Å². The predicted molar refractivity (Wildman–Crippen MR) is 58.7 cm³/mol. The first-order chi connectivity index (χ1) is 7.90. The minimum Gasteiger partial charge on any atom is -0.478 e. The second-order valence-electron chi connectivity index (χ2n) is 3.44. The monoisotopic (exact) mass is 246 g/mol. The van der Waals surface area contributed by atoms with Crippen molar-refractivity contribution in [2.24, 2.45) is 0 Å². The highest BCUT2D eigenvalue weighted by Gasteiger charge is 2.17. The van der Waals surface area contributed by atoms with Gasteiger partial charge < -0.3 is 19.7 Å². The zero-order chi connectivity index (χ0) is 13.4. The molecule has 0 aromatic heterocycles. The van der Waals surface area contributed by atoms with Crippen LogP contribution in [0.4, 0.5) is 0 Å². The maximum absolute atomic E-state index is 11.1. The van der Waals surface area contributed by atoms with Crippen LogP contribution >= 0.6 is 0 Å². The molecule has 0 heterocycles. The van der Waals surface area contributed by atoms with E-state index in [0.29, 0.717) is 0 Å². The quantitative estimate of drug-likeness (QED) is 0.543. The Morgan fingerprint density at radius 3 is 2.00 bits per heavy atom.